The molecule has 0 atom stereocenters. The minimum Gasteiger partial charge on any atom is -0.378 e. The fourth-order valence-corrected chi connectivity index (χ4v) is 4.16. The highest BCUT2D eigenvalue weighted by Crippen LogP contribution is 2.24. The van der Waals surface area contributed by atoms with E-state index in [4.69, 9.17) is 9.47 Å². The summed E-state index contributed by atoms with van der Waals surface area (Å²) in [6, 6.07) is 10.3. The van der Waals surface area contributed by atoms with Crippen LogP contribution < -0.4 is 4.90 Å². The molecule has 2 fully saturated rings. The molecule has 3 heterocycles. The number of amides is 1. The molecule has 8 nitrogen and oxygen atoms in total. The molecule has 2 aliphatic rings. The quantitative estimate of drug-likeness (QED) is 0.669. The predicted octanol–water partition coefficient (Wildman–Crippen LogP) is 1.11. The van der Waals surface area contributed by atoms with Crippen molar-refractivity contribution in [1.82, 2.24) is 19.7 Å². The average molecular weight is 404 g/mol. The van der Waals surface area contributed by atoms with E-state index in [1.54, 1.807) is 0 Å². The maximum atomic E-state index is 12.5. The van der Waals surface area contributed by atoms with Crippen LogP contribution in [0.5, 0.6) is 0 Å². The molecule has 150 valence electrons. The summed E-state index contributed by atoms with van der Waals surface area (Å²) >= 11 is 1.45. The topological polar surface area (TPSA) is 72.7 Å². The summed E-state index contributed by atoms with van der Waals surface area (Å²) in [5, 5.41) is 9.62. The molecule has 28 heavy (non-hydrogen) atoms. The van der Waals surface area contributed by atoms with Crippen molar-refractivity contribution in [3.63, 3.8) is 0 Å². The number of nitrogens with zero attached hydrogens (tertiary/aromatic N) is 5. The molecule has 0 unspecified atom stereocenters. The van der Waals surface area contributed by atoms with Gasteiger partial charge in [-0.05, 0) is 5.56 Å². The second-order valence-corrected chi connectivity index (χ2v) is 7.68. The highest BCUT2D eigenvalue weighted by atomic mass is 32.2. The molecule has 1 aromatic carbocycles. The number of hydrogen-bond donors (Lipinski definition) is 0. The van der Waals surface area contributed by atoms with Crippen molar-refractivity contribution in [2.75, 3.05) is 63.3 Å². The predicted molar refractivity (Wildman–Crippen MR) is 107 cm³/mol. The van der Waals surface area contributed by atoms with Crippen LogP contribution >= 0.6 is 11.8 Å². The van der Waals surface area contributed by atoms with Crippen LogP contribution in [0.15, 0.2) is 35.5 Å². The van der Waals surface area contributed by atoms with Gasteiger partial charge in [-0.2, -0.15) is 0 Å². The Kier molecular flexibility index (Phi) is 6.45. The lowest BCUT2D eigenvalue weighted by Crippen LogP contribution is -2.41. The van der Waals surface area contributed by atoms with Gasteiger partial charge in [0, 0.05) is 26.2 Å². The van der Waals surface area contributed by atoms with E-state index in [1.165, 1.54) is 17.3 Å². The first-order chi connectivity index (χ1) is 13.8. The standard InChI is InChI=1S/C19H25N5O3S/c25-17(22-6-10-26-11-7-22)15-28-19-21-20-18(23-8-12-27-13-9-23)24(19)14-16-4-2-1-3-5-16/h1-5H,6-15H2. The summed E-state index contributed by atoms with van der Waals surface area (Å²) in [6.07, 6.45) is 0. The van der Waals surface area contributed by atoms with Crippen LogP contribution in [0.4, 0.5) is 5.95 Å². The fourth-order valence-electron chi connectivity index (χ4n) is 3.32. The van der Waals surface area contributed by atoms with Gasteiger partial charge < -0.3 is 19.3 Å². The Bertz CT molecular complexity index is 773. The highest BCUT2D eigenvalue weighted by Gasteiger charge is 2.23. The van der Waals surface area contributed by atoms with Crippen LogP contribution in [0, 0.1) is 0 Å². The molecular weight excluding hydrogens is 378 g/mol. The van der Waals surface area contributed by atoms with E-state index in [-0.39, 0.29) is 5.91 Å². The third-order valence-electron chi connectivity index (χ3n) is 4.86. The van der Waals surface area contributed by atoms with Crippen molar-refractivity contribution in [3.8, 4) is 0 Å². The smallest absolute Gasteiger partial charge is 0.233 e. The molecule has 2 saturated heterocycles. The number of anilines is 1. The molecule has 0 radical (unpaired) electrons. The Labute approximate surface area is 168 Å². The minimum absolute atomic E-state index is 0.121. The van der Waals surface area contributed by atoms with E-state index < -0.39 is 0 Å². The summed E-state index contributed by atoms with van der Waals surface area (Å²) in [7, 11) is 0. The lowest BCUT2D eigenvalue weighted by molar-refractivity contribution is -0.132. The van der Waals surface area contributed by atoms with Crippen molar-refractivity contribution in [3.05, 3.63) is 35.9 Å². The lowest BCUT2D eigenvalue weighted by Gasteiger charge is -2.28. The molecule has 1 amide bonds. The SMILES string of the molecule is O=C(CSc1nnc(N2CCOCC2)n1Cc1ccccc1)N1CCOCC1. The fraction of sp³-hybridized carbons (Fsp3) is 0.526. The number of ether oxygens (including phenoxy) is 2. The molecule has 4 rings (SSSR count). The molecule has 9 heteroatoms. The Balaban J connectivity index is 1.50. The second kappa shape index (κ2) is 9.40. The maximum Gasteiger partial charge on any atom is 0.233 e. The van der Waals surface area contributed by atoms with Gasteiger partial charge in [0.25, 0.3) is 0 Å². The Hall–Kier alpha value is -2.10. The van der Waals surface area contributed by atoms with E-state index >= 15 is 0 Å². The molecular formula is C19H25N5O3S. The van der Waals surface area contributed by atoms with Gasteiger partial charge in [-0.1, -0.05) is 42.1 Å². The molecule has 0 bridgehead atoms. The second-order valence-electron chi connectivity index (χ2n) is 6.74. The van der Waals surface area contributed by atoms with Gasteiger partial charge in [0.05, 0.1) is 38.7 Å². The minimum atomic E-state index is 0.121. The zero-order chi connectivity index (χ0) is 19.2. The first-order valence-corrected chi connectivity index (χ1v) is 10.6. The summed E-state index contributed by atoms with van der Waals surface area (Å²) in [5.74, 6) is 1.32. The third kappa shape index (κ3) is 4.65. The zero-order valence-electron chi connectivity index (χ0n) is 15.8. The molecule has 0 spiro atoms. The maximum absolute atomic E-state index is 12.5. The van der Waals surface area contributed by atoms with Gasteiger partial charge in [-0.3, -0.25) is 9.36 Å². The molecule has 0 N–H and O–H groups in total. The number of carbonyl (C=O) groups excluding carboxylic acids is 1. The number of carbonyl (C=O) groups is 1. The number of thioether (sulfide) groups is 1. The molecule has 2 aliphatic heterocycles. The summed E-state index contributed by atoms with van der Waals surface area (Å²) in [4.78, 5) is 16.6. The number of rotatable bonds is 6. The normalized spacial score (nSPS) is 17.7. The van der Waals surface area contributed by atoms with Crippen LogP contribution in [0.25, 0.3) is 0 Å². The van der Waals surface area contributed by atoms with Gasteiger partial charge in [0.2, 0.25) is 11.9 Å². The van der Waals surface area contributed by atoms with Crippen molar-refractivity contribution >= 4 is 23.6 Å². The average Bonchev–Trinajstić information content (AvgIpc) is 3.16. The van der Waals surface area contributed by atoms with Crippen molar-refractivity contribution in [2.24, 2.45) is 0 Å². The molecule has 0 saturated carbocycles. The summed E-state index contributed by atoms with van der Waals surface area (Å²) in [5.41, 5.74) is 1.18. The molecule has 0 aliphatic carbocycles. The van der Waals surface area contributed by atoms with Gasteiger partial charge in [0.1, 0.15) is 0 Å². The highest BCUT2D eigenvalue weighted by molar-refractivity contribution is 7.99. The van der Waals surface area contributed by atoms with E-state index in [9.17, 15) is 4.79 Å². The lowest BCUT2D eigenvalue weighted by atomic mass is 10.2. The van der Waals surface area contributed by atoms with Crippen LogP contribution in [0.2, 0.25) is 0 Å². The molecule has 2 aromatic rings. The largest absolute Gasteiger partial charge is 0.378 e. The number of morpholine rings is 2. The van der Waals surface area contributed by atoms with E-state index in [0.717, 1.165) is 24.2 Å². The van der Waals surface area contributed by atoms with Gasteiger partial charge in [-0.15, -0.1) is 10.2 Å². The first-order valence-electron chi connectivity index (χ1n) is 9.59. The Morgan fingerprint density at radius 3 is 2.36 bits per heavy atom. The Morgan fingerprint density at radius 2 is 1.64 bits per heavy atom. The van der Waals surface area contributed by atoms with Crippen molar-refractivity contribution < 1.29 is 14.3 Å². The van der Waals surface area contributed by atoms with Crippen LogP contribution in [-0.4, -0.2) is 83.9 Å². The Morgan fingerprint density at radius 1 is 0.964 bits per heavy atom. The van der Waals surface area contributed by atoms with Gasteiger partial charge >= 0.3 is 0 Å². The van der Waals surface area contributed by atoms with Crippen molar-refractivity contribution in [2.45, 2.75) is 11.7 Å². The third-order valence-corrected chi connectivity index (χ3v) is 5.81. The molecule has 1 aromatic heterocycles. The van der Waals surface area contributed by atoms with E-state index in [1.807, 2.05) is 23.1 Å². The van der Waals surface area contributed by atoms with Crippen LogP contribution in [0.1, 0.15) is 5.56 Å². The van der Waals surface area contributed by atoms with Crippen molar-refractivity contribution in [1.29, 1.82) is 0 Å². The van der Waals surface area contributed by atoms with Gasteiger partial charge in [0.15, 0.2) is 5.16 Å². The van der Waals surface area contributed by atoms with Crippen LogP contribution in [0.3, 0.4) is 0 Å². The van der Waals surface area contributed by atoms with E-state index in [0.29, 0.717) is 51.8 Å². The first kappa shape index (κ1) is 19.2. The van der Waals surface area contributed by atoms with E-state index in [2.05, 4.69) is 31.8 Å². The van der Waals surface area contributed by atoms with Gasteiger partial charge in [-0.25, -0.2) is 0 Å². The number of hydrogen-bond acceptors (Lipinski definition) is 7. The zero-order valence-corrected chi connectivity index (χ0v) is 16.6. The summed E-state index contributed by atoms with van der Waals surface area (Å²) < 4.78 is 12.9. The number of benzene rings is 1. The van der Waals surface area contributed by atoms with Crippen LogP contribution in [-0.2, 0) is 20.8 Å². The number of aromatic nitrogens is 3. The summed E-state index contributed by atoms with van der Waals surface area (Å²) in [6.45, 7) is 6.20. The monoisotopic (exact) mass is 403 g/mol.